The van der Waals surface area contributed by atoms with Crippen LogP contribution in [0, 0.1) is 12.7 Å². The van der Waals surface area contributed by atoms with Gasteiger partial charge in [0, 0.05) is 39.9 Å². The molecule has 0 spiro atoms. The highest BCUT2D eigenvalue weighted by Crippen LogP contribution is 2.06. The van der Waals surface area contributed by atoms with Gasteiger partial charge in [-0.1, -0.05) is 12.1 Å². The molecule has 0 unspecified atom stereocenters. The molecule has 23 heavy (non-hydrogen) atoms. The maximum atomic E-state index is 13.2. The first-order chi connectivity index (χ1) is 11.1. The summed E-state index contributed by atoms with van der Waals surface area (Å²) < 4.78 is 15.2. The number of aromatic nitrogens is 2. The molecule has 0 bridgehead atoms. The molecule has 0 atom stereocenters. The zero-order valence-corrected chi connectivity index (χ0v) is 14.0. The number of guanidine groups is 1. The van der Waals surface area contributed by atoms with Crippen LogP contribution in [-0.2, 0) is 13.1 Å². The number of nitrogens with zero attached hydrogens (tertiary/aromatic N) is 4. The lowest BCUT2D eigenvalue weighted by molar-refractivity contribution is 0.469. The van der Waals surface area contributed by atoms with Gasteiger partial charge in [0.15, 0.2) is 5.96 Å². The second-order valence-corrected chi connectivity index (χ2v) is 5.59. The van der Waals surface area contributed by atoms with Crippen LogP contribution < -0.4 is 5.32 Å². The zero-order valence-electron chi connectivity index (χ0n) is 14.0. The first-order valence-electron chi connectivity index (χ1n) is 7.74. The van der Waals surface area contributed by atoms with E-state index in [-0.39, 0.29) is 5.82 Å². The molecule has 5 nitrogen and oxygen atoms in total. The van der Waals surface area contributed by atoms with Crippen molar-refractivity contribution in [2.75, 3.05) is 20.6 Å². The van der Waals surface area contributed by atoms with Gasteiger partial charge in [-0.25, -0.2) is 4.39 Å². The number of halogens is 1. The van der Waals surface area contributed by atoms with Crippen LogP contribution in [0.1, 0.15) is 17.5 Å². The fourth-order valence-corrected chi connectivity index (χ4v) is 2.40. The Labute approximate surface area is 136 Å². The second-order valence-electron chi connectivity index (χ2n) is 5.59. The highest BCUT2D eigenvalue weighted by molar-refractivity contribution is 5.79. The van der Waals surface area contributed by atoms with E-state index in [1.54, 1.807) is 19.2 Å². The van der Waals surface area contributed by atoms with E-state index >= 15 is 0 Å². The molecule has 1 heterocycles. The van der Waals surface area contributed by atoms with Gasteiger partial charge in [-0.05, 0) is 36.6 Å². The van der Waals surface area contributed by atoms with Crippen LogP contribution in [0.4, 0.5) is 4.39 Å². The highest BCUT2D eigenvalue weighted by Gasteiger charge is 2.06. The summed E-state index contributed by atoms with van der Waals surface area (Å²) in [6.45, 7) is 4.31. The molecule has 6 heteroatoms. The maximum absolute atomic E-state index is 13.2. The fourth-order valence-electron chi connectivity index (χ4n) is 2.40. The molecule has 0 aliphatic rings. The summed E-state index contributed by atoms with van der Waals surface area (Å²) in [7, 11) is 3.69. The molecule has 0 saturated heterocycles. The Balaban J connectivity index is 1.77. The molecular weight excluding hydrogens is 293 g/mol. The summed E-state index contributed by atoms with van der Waals surface area (Å²) in [5.74, 6) is 0.583. The maximum Gasteiger partial charge on any atom is 0.193 e. The molecule has 1 aromatic heterocycles. The topological polar surface area (TPSA) is 45.5 Å². The molecule has 1 N–H and O–H groups in total. The quantitative estimate of drug-likeness (QED) is 0.506. The minimum Gasteiger partial charge on any atom is -0.356 e. The van der Waals surface area contributed by atoms with Crippen molar-refractivity contribution in [2.45, 2.75) is 26.4 Å². The zero-order chi connectivity index (χ0) is 16.7. The van der Waals surface area contributed by atoms with Crippen molar-refractivity contribution in [3.05, 3.63) is 53.6 Å². The van der Waals surface area contributed by atoms with E-state index in [2.05, 4.69) is 15.4 Å². The first kappa shape index (κ1) is 17.0. The number of benzene rings is 1. The van der Waals surface area contributed by atoms with E-state index in [1.807, 2.05) is 42.0 Å². The van der Waals surface area contributed by atoms with E-state index in [0.29, 0.717) is 6.54 Å². The Morgan fingerprint density at radius 3 is 2.91 bits per heavy atom. The number of aliphatic imine (C=N–C) groups is 1. The van der Waals surface area contributed by atoms with Crippen molar-refractivity contribution < 1.29 is 4.39 Å². The van der Waals surface area contributed by atoms with Gasteiger partial charge < -0.3 is 10.2 Å². The predicted octanol–water partition coefficient (Wildman–Crippen LogP) is 2.43. The number of hydrogen-bond donors (Lipinski definition) is 1. The minimum absolute atomic E-state index is 0.214. The molecule has 0 aliphatic carbocycles. The third kappa shape index (κ3) is 5.39. The molecule has 124 valence electrons. The third-order valence-corrected chi connectivity index (χ3v) is 3.49. The first-order valence-corrected chi connectivity index (χ1v) is 7.74. The lowest BCUT2D eigenvalue weighted by Crippen LogP contribution is -2.39. The van der Waals surface area contributed by atoms with Gasteiger partial charge >= 0.3 is 0 Å². The normalized spacial score (nSPS) is 11.6. The van der Waals surface area contributed by atoms with Crippen LogP contribution >= 0.6 is 0 Å². The minimum atomic E-state index is -0.214. The Bertz CT molecular complexity index is 650. The molecule has 1 aromatic carbocycles. The lowest BCUT2D eigenvalue weighted by atomic mass is 10.2. The van der Waals surface area contributed by atoms with E-state index in [9.17, 15) is 4.39 Å². The largest absolute Gasteiger partial charge is 0.356 e. The molecule has 0 aliphatic heterocycles. The summed E-state index contributed by atoms with van der Waals surface area (Å²) in [4.78, 5) is 6.25. The van der Waals surface area contributed by atoms with Crippen molar-refractivity contribution in [3.8, 4) is 0 Å². The fraction of sp³-hybridized carbons (Fsp3) is 0.412. The summed E-state index contributed by atoms with van der Waals surface area (Å²) in [5.41, 5.74) is 2.09. The molecular formula is C17H24FN5. The van der Waals surface area contributed by atoms with Crippen molar-refractivity contribution in [3.63, 3.8) is 0 Å². The van der Waals surface area contributed by atoms with Crippen LogP contribution in [0.15, 0.2) is 41.7 Å². The van der Waals surface area contributed by atoms with Gasteiger partial charge in [0.1, 0.15) is 5.82 Å². The Morgan fingerprint density at radius 2 is 2.26 bits per heavy atom. The number of nitrogens with one attached hydrogen (secondary N) is 1. The summed E-state index contributed by atoms with van der Waals surface area (Å²) in [6.07, 6.45) is 4.85. The Hall–Kier alpha value is -2.37. The van der Waals surface area contributed by atoms with Crippen molar-refractivity contribution in [1.29, 1.82) is 0 Å². The molecule has 0 amide bonds. The van der Waals surface area contributed by atoms with Crippen LogP contribution in [0.3, 0.4) is 0 Å². The lowest BCUT2D eigenvalue weighted by Gasteiger charge is -2.22. The van der Waals surface area contributed by atoms with Crippen LogP contribution in [0.2, 0.25) is 0 Å². The Kier molecular flexibility index (Phi) is 6.14. The SMILES string of the molecule is CN=C(NCCCn1cc(C)cn1)N(C)Cc1cccc(F)c1. The van der Waals surface area contributed by atoms with Gasteiger partial charge in [-0.3, -0.25) is 9.67 Å². The number of rotatable bonds is 6. The van der Waals surface area contributed by atoms with Gasteiger partial charge in [0.2, 0.25) is 0 Å². The van der Waals surface area contributed by atoms with E-state index in [0.717, 1.165) is 31.0 Å². The van der Waals surface area contributed by atoms with Crippen molar-refractivity contribution >= 4 is 5.96 Å². The molecule has 2 rings (SSSR count). The highest BCUT2D eigenvalue weighted by atomic mass is 19.1. The number of aryl methyl sites for hydroxylation is 2. The van der Waals surface area contributed by atoms with Gasteiger partial charge in [0.25, 0.3) is 0 Å². The van der Waals surface area contributed by atoms with E-state index in [4.69, 9.17) is 0 Å². The third-order valence-electron chi connectivity index (χ3n) is 3.49. The standard InChI is InChI=1S/C17H24FN5/c1-14-11-21-23(12-14)9-5-8-20-17(19-2)22(3)13-15-6-4-7-16(18)10-15/h4,6-7,10-12H,5,8-9,13H2,1-3H3,(H,19,20). The average Bonchev–Trinajstić information content (AvgIpc) is 2.92. The van der Waals surface area contributed by atoms with E-state index < -0.39 is 0 Å². The van der Waals surface area contributed by atoms with Crippen LogP contribution in [-0.4, -0.2) is 41.3 Å². The summed E-state index contributed by atoms with van der Waals surface area (Å²) in [5, 5.41) is 7.59. The monoisotopic (exact) mass is 317 g/mol. The molecule has 0 fully saturated rings. The summed E-state index contributed by atoms with van der Waals surface area (Å²) in [6, 6.07) is 6.63. The Morgan fingerprint density at radius 1 is 1.43 bits per heavy atom. The van der Waals surface area contributed by atoms with Crippen molar-refractivity contribution in [1.82, 2.24) is 20.0 Å². The van der Waals surface area contributed by atoms with Gasteiger partial charge in [-0.15, -0.1) is 0 Å². The second kappa shape index (κ2) is 8.31. The molecule has 2 aromatic rings. The predicted molar refractivity (Wildman–Crippen MR) is 90.8 cm³/mol. The van der Waals surface area contributed by atoms with Crippen molar-refractivity contribution in [2.24, 2.45) is 4.99 Å². The average molecular weight is 317 g/mol. The van der Waals surface area contributed by atoms with Gasteiger partial charge in [-0.2, -0.15) is 5.10 Å². The summed E-state index contributed by atoms with van der Waals surface area (Å²) >= 11 is 0. The molecule has 0 radical (unpaired) electrons. The number of hydrogen-bond acceptors (Lipinski definition) is 2. The smallest absolute Gasteiger partial charge is 0.193 e. The van der Waals surface area contributed by atoms with E-state index in [1.165, 1.54) is 11.6 Å². The van der Waals surface area contributed by atoms with Gasteiger partial charge in [0.05, 0.1) is 6.20 Å². The van der Waals surface area contributed by atoms with Crippen LogP contribution in [0.5, 0.6) is 0 Å². The van der Waals surface area contributed by atoms with Crippen LogP contribution in [0.25, 0.3) is 0 Å². The molecule has 0 saturated carbocycles.